The van der Waals surface area contributed by atoms with Gasteiger partial charge in [-0.3, -0.25) is 10.1 Å². The van der Waals surface area contributed by atoms with E-state index in [0.717, 1.165) is 61.9 Å². The predicted octanol–water partition coefficient (Wildman–Crippen LogP) is 4.13. The van der Waals surface area contributed by atoms with Gasteiger partial charge in [0.25, 0.3) is 0 Å². The largest absolute Gasteiger partial charge is 0.459 e. The molecule has 0 saturated carbocycles. The second-order valence-electron chi connectivity index (χ2n) is 11.3. The molecule has 0 bridgehead atoms. The molecule has 38 heavy (non-hydrogen) atoms. The highest BCUT2D eigenvalue weighted by atomic mass is 16.6. The molecule has 0 amide bonds. The van der Waals surface area contributed by atoms with Gasteiger partial charge in [-0.1, -0.05) is 12.1 Å². The van der Waals surface area contributed by atoms with Gasteiger partial charge in [0.05, 0.1) is 0 Å². The molecule has 2 aliphatic heterocycles. The summed E-state index contributed by atoms with van der Waals surface area (Å²) in [5, 5.41) is 10.0. The zero-order valence-electron chi connectivity index (χ0n) is 23.6. The van der Waals surface area contributed by atoms with E-state index in [1.807, 2.05) is 34.6 Å². The van der Waals surface area contributed by atoms with E-state index in [-0.39, 0.29) is 5.97 Å². The lowest BCUT2D eigenvalue weighted by Gasteiger charge is -2.34. The van der Waals surface area contributed by atoms with Crippen molar-refractivity contribution in [2.24, 2.45) is 0 Å². The number of aromatic nitrogens is 3. The number of piperidine rings is 1. The van der Waals surface area contributed by atoms with Gasteiger partial charge < -0.3 is 20.3 Å². The number of hydrogen-bond donors (Lipinski definition) is 3. The first-order chi connectivity index (χ1) is 18.1. The van der Waals surface area contributed by atoms with E-state index in [2.05, 4.69) is 44.5 Å². The molecular formula is C29H43N7O2. The number of esters is 1. The molecule has 0 spiro atoms. The second-order valence-corrected chi connectivity index (χ2v) is 11.3. The molecule has 1 saturated heterocycles. The van der Waals surface area contributed by atoms with Crippen LogP contribution in [0, 0.1) is 13.8 Å². The van der Waals surface area contributed by atoms with Gasteiger partial charge in [-0.25, -0.2) is 15.0 Å². The summed E-state index contributed by atoms with van der Waals surface area (Å²) < 4.78 is 5.61. The molecule has 9 nitrogen and oxygen atoms in total. The summed E-state index contributed by atoms with van der Waals surface area (Å²) in [7, 11) is 0. The van der Waals surface area contributed by atoms with Crippen LogP contribution in [0.25, 0.3) is 0 Å². The van der Waals surface area contributed by atoms with Gasteiger partial charge in [0, 0.05) is 49.9 Å². The van der Waals surface area contributed by atoms with Gasteiger partial charge in [0.1, 0.15) is 34.9 Å². The summed E-state index contributed by atoms with van der Waals surface area (Å²) in [4.78, 5) is 29.5. The van der Waals surface area contributed by atoms with Crippen molar-refractivity contribution < 1.29 is 9.53 Å². The molecule has 0 aromatic carbocycles. The molecule has 4 rings (SSSR count). The van der Waals surface area contributed by atoms with Crippen molar-refractivity contribution in [2.75, 3.05) is 48.3 Å². The number of carbonyl (C=O) groups is 1. The number of nitrogens with zero attached hydrogens (tertiary/aromatic N) is 4. The zero-order chi connectivity index (χ0) is 27.3. The highest BCUT2D eigenvalue weighted by Gasteiger charge is 2.27. The molecule has 0 unspecified atom stereocenters. The van der Waals surface area contributed by atoms with Crippen LogP contribution < -0.4 is 20.9 Å². The molecule has 2 aromatic heterocycles. The Morgan fingerprint density at radius 3 is 2.71 bits per heavy atom. The van der Waals surface area contributed by atoms with Crippen molar-refractivity contribution in [3.05, 3.63) is 47.4 Å². The molecule has 9 heteroatoms. The quantitative estimate of drug-likeness (QED) is 0.332. The van der Waals surface area contributed by atoms with Crippen molar-refractivity contribution in [3.63, 3.8) is 0 Å². The number of aryl methyl sites for hydroxylation is 2. The SMILES string of the molecule is C=CCN[C@@H](CNc1nc(C)nc(N2CCC(c3ccc4c(n3)NCCC4)CC2)c1C)C(=O)OC(C)(C)C. The highest BCUT2D eigenvalue weighted by Crippen LogP contribution is 2.33. The van der Waals surface area contributed by atoms with E-state index in [9.17, 15) is 4.79 Å². The normalized spacial score (nSPS) is 16.8. The van der Waals surface area contributed by atoms with Crippen molar-refractivity contribution >= 4 is 23.4 Å². The molecule has 1 atom stereocenters. The van der Waals surface area contributed by atoms with Crippen LogP contribution in [0.1, 0.15) is 68.6 Å². The van der Waals surface area contributed by atoms with Crippen molar-refractivity contribution in [1.82, 2.24) is 20.3 Å². The molecule has 1 fully saturated rings. The Hall–Kier alpha value is -3.20. The van der Waals surface area contributed by atoms with Crippen LogP contribution in [0.2, 0.25) is 0 Å². The van der Waals surface area contributed by atoms with Crippen molar-refractivity contribution in [2.45, 2.75) is 77.9 Å². The minimum atomic E-state index is -0.558. The monoisotopic (exact) mass is 521 g/mol. The number of ether oxygens (including phenoxy) is 1. The van der Waals surface area contributed by atoms with E-state index in [4.69, 9.17) is 14.7 Å². The first kappa shape index (κ1) is 27.8. The maximum atomic E-state index is 12.8. The Balaban J connectivity index is 1.42. The number of carbonyl (C=O) groups excluding carboxylic acids is 1. The molecule has 2 aliphatic rings. The van der Waals surface area contributed by atoms with E-state index in [0.29, 0.717) is 24.8 Å². The van der Waals surface area contributed by atoms with Gasteiger partial charge >= 0.3 is 5.97 Å². The van der Waals surface area contributed by atoms with Gasteiger partial charge in [0.15, 0.2) is 0 Å². The lowest BCUT2D eigenvalue weighted by Crippen LogP contribution is -2.45. The second kappa shape index (κ2) is 12.1. The van der Waals surface area contributed by atoms with Crippen molar-refractivity contribution in [1.29, 1.82) is 0 Å². The third kappa shape index (κ3) is 7.01. The standard InChI is InChI=1S/C29H43N7O2/c1-7-14-30-24(28(37)38-29(4,5)6)18-32-25-19(2)27(34-20(3)33-25)36-16-12-21(13-17-36)23-11-10-22-9-8-15-31-26(22)35-23/h7,10-11,21,24,30H,1,8-9,12-18H2,2-6H3,(H,31,35)(H,32,33,34)/t24-/m0/s1. The van der Waals surface area contributed by atoms with Crippen LogP contribution in [0.5, 0.6) is 0 Å². The minimum absolute atomic E-state index is 0.302. The average Bonchev–Trinajstić information content (AvgIpc) is 2.89. The molecule has 0 aliphatic carbocycles. The van der Waals surface area contributed by atoms with E-state index in [1.54, 1.807) is 6.08 Å². The Morgan fingerprint density at radius 1 is 1.24 bits per heavy atom. The Kier molecular flexibility index (Phi) is 8.87. The van der Waals surface area contributed by atoms with Crippen LogP contribution in [0.3, 0.4) is 0 Å². The van der Waals surface area contributed by atoms with E-state index in [1.165, 1.54) is 17.7 Å². The van der Waals surface area contributed by atoms with Gasteiger partial charge in [-0.05, 0) is 71.9 Å². The lowest BCUT2D eigenvalue weighted by molar-refractivity contribution is -0.157. The smallest absolute Gasteiger partial charge is 0.325 e. The van der Waals surface area contributed by atoms with Crippen molar-refractivity contribution in [3.8, 4) is 0 Å². The third-order valence-electron chi connectivity index (χ3n) is 7.03. The summed E-state index contributed by atoms with van der Waals surface area (Å²) >= 11 is 0. The number of nitrogens with one attached hydrogen (secondary N) is 3. The first-order valence-corrected chi connectivity index (χ1v) is 13.8. The number of anilines is 3. The zero-order valence-corrected chi connectivity index (χ0v) is 23.6. The fraction of sp³-hybridized carbons (Fsp3) is 0.586. The summed E-state index contributed by atoms with van der Waals surface area (Å²) in [6.07, 6.45) is 6.08. The number of hydrogen-bond acceptors (Lipinski definition) is 9. The van der Waals surface area contributed by atoms with Crippen LogP contribution in [-0.4, -0.2) is 65.3 Å². The van der Waals surface area contributed by atoms with Crippen LogP contribution in [0.15, 0.2) is 24.8 Å². The average molecular weight is 522 g/mol. The van der Waals surface area contributed by atoms with E-state index >= 15 is 0 Å². The molecule has 3 N–H and O–H groups in total. The van der Waals surface area contributed by atoms with Gasteiger partial charge in [-0.2, -0.15) is 0 Å². The predicted molar refractivity (Wildman–Crippen MR) is 153 cm³/mol. The molecule has 4 heterocycles. The third-order valence-corrected chi connectivity index (χ3v) is 7.03. The molecular weight excluding hydrogens is 478 g/mol. The minimum Gasteiger partial charge on any atom is -0.459 e. The Labute approximate surface area is 226 Å². The number of pyridine rings is 1. The van der Waals surface area contributed by atoms with Crippen LogP contribution >= 0.6 is 0 Å². The number of fused-ring (bicyclic) bond motifs is 1. The van der Waals surface area contributed by atoms with Crippen LogP contribution in [-0.2, 0) is 16.0 Å². The molecule has 2 aromatic rings. The Morgan fingerprint density at radius 2 is 2.00 bits per heavy atom. The maximum Gasteiger partial charge on any atom is 0.325 e. The molecule has 206 valence electrons. The topological polar surface area (TPSA) is 104 Å². The summed E-state index contributed by atoms with van der Waals surface area (Å²) in [6.45, 7) is 17.0. The fourth-order valence-corrected chi connectivity index (χ4v) is 5.09. The Bertz CT molecular complexity index is 1140. The lowest BCUT2D eigenvalue weighted by atomic mass is 9.92. The maximum absolute atomic E-state index is 12.8. The van der Waals surface area contributed by atoms with Gasteiger partial charge in [-0.15, -0.1) is 6.58 Å². The summed E-state index contributed by atoms with van der Waals surface area (Å²) in [5.41, 5.74) is 2.95. The highest BCUT2D eigenvalue weighted by molar-refractivity contribution is 5.77. The van der Waals surface area contributed by atoms with Gasteiger partial charge in [0.2, 0.25) is 0 Å². The number of rotatable bonds is 9. The summed E-state index contributed by atoms with van der Waals surface area (Å²) in [5.74, 6) is 3.61. The van der Waals surface area contributed by atoms with Crippen LogP contribution in [0.4, 0.5) is 17.5 Å². The first-order valence-electron chi connectivity index (χ1n) is 13.8. The molecule has 0 radical (unpaired) electrons. The fourth-order valence-electron chi connectivity index (χ4n) is 5.09. The van der Waals surface area contributed by atoms with E-state index < -0.39 is 11.6 Å². The summed E-state index contributed by atoms with van der Waals surface area (Å²) in [6, 6.07) is 3.94.